The smallest absolute Gasteiger partial charge is 0.230 e. The lowest BCUT2D eigenvalue weighted by Gasteiger charge is -2.30. The van der Waals surface area contributed by atoms with Gasteiger partial charge in [-0.05, 0) is 18.4 Å². The highest BCUT2D eigenvalue weighted by molar-refractivity contribution is 5.78. The summed E-state index contributed by atoms with van der Waals surface area (Å²) in [5.41, 5.74) is 9.18. The lowest BCUT2D eigenvalue weighted by atomic mass is 9.96. The molecule has 0 radical (unpaired) electrons. The molecule has 1 aliphatic rings. The normalized spacial score (nSPS) is 15.2. The summed E-state index contributed by atoms with van der Waals surface area (Å²) in [5.74, 6) is 1.22. The molecule has 1 aromatic heterocycles. The van der Waals surface area contributed by atoms with Gasteiger partial charge in [-0.1, -0.05) is 40.6 Å². The van der Waals surface area contributed by atoms with Crippen LogP contribution in [0.25, 0.3) is 21.8 Å². The van der Waals surface area contributed by atoms with Crippen LogP contribution >= 0.6 is 0 Å². The molecule has 0 N–H and O–H groups in total. The molecule has 23 heavy (non-hydrogen) atoms. The molecular weight excluding hydrogens is 296 g/mol. The Hall–Kier alpha value is -2.86. The highest BCUT2D eigenvalue weighted by Crippen LogP contribution is 2.28. The van der Waals surface area contributed by atoms with Gasteiger partial charge in [0.25, 0.3) is 0 Å². The number of hydrogen-bond donors (Lipinski definition) is 0. The number of hydrogen-bond acceptors (Lipinski definition) is 5. The summed E-state index contributed by atoms with van der Waals surface area (Å²) in [5, 5.41) is 7.34. The van der Waals surface area contributed by atoms with Crippen molar-refractivity contribution >= 4 is 5.91 Å². The molecule has 1 amide bonds. The molecule has 1 aliphatic heterocycles. The van der Waals surface area contributed by atoms with Crippen molar-refractivity contribution in [2.24, 2.45) is 5.11 Å². The van der Waals surface area contributed by atoms with Crippen LogP contribution in [0.2, 0.25) is 0 Å². The average Bonchev–Trinajstić information content (AvgIpc) is 3.11. The van der Waals surface area contributed by atoms with E-state index < -0.39 is 0 Å². The van der Waals surface area contributed by atoms with Crippen molar-refractivity contribution < 1.29 is 9.32 Å². The van der Waals surface area contributed by atoms with E-state index in [9.17, 15) is 4.79 Å². The molecule has 1 saturated heterocycles. The van der Waals surface area contributed by atoms with Crippen molar-refractivity contribution in [1.82, 2.24) is 15.0 Å². The molecule has 0 spiro atoms. The van der Waals surface area contributed by atoms with Crippen LogP contribution in [0.1, 0.15) is 24.7 Å². The van der Waals surface area contributed by atoms with Gasteiger partial charge in [0.2, 0.25) is 17.6 Å². The zero-order valence-electron chi connectivity index (χ0n) is 12.5. The summed E-state index contributed by atoms with van der Waals surface area (Å²) in [6, 6.07) is 9.67. The third-order valence-corrected chi connectivity index (χ3v) is 3.94. The van der Waals surface area contributed by atoms with Crippen LogP contribution in [0.5, 0.6) is 0 Å². The first-order chi connectivity index (χ1) is 11.3. The second kappa shape index (κ2) is 6.93. The van der Waals surface area contributed by atoms with Gasteiger partial charge in [0.15, 0.2) is 0 Å². The van der Waals surface area contributed by atoms with E-state index >= 15 is 0 Å². The van der Waals surface area contributed by atoms with Gasteiger partial charge in [0, 0.05) is 29.5 Å². The first-order valence-electron chi connectivity index (χ1n) is 7.45. The maximum atomic E-state index is 11.8. The Morgan fingerprint density at radius 1 is 1.35 bits per heavy atom. The lowest BCUT2D eigenvalue weighted by molar-refractivity contribution is -0.130. The number of amides is 1. The molecule has 2 heterocycles. The predicted molar refractivity (Wildman–Crippen MR) is 82.3 cm³/mol. The van der Waals surface area contributed by atoms with Gasteiger partial charge >= 0.3 is 0 Å². The minimum absolute atomic E-state index is 0.125. The Kier molecular flexibility index (Phi) is 4.54. The molecule has 0 atom stereocenters. The summed E-state index contributed by atoms with van der Waals surface area (Å²) >= 11 is 0. The van der Waals surface area contributed by atoms with Crippen LogP contribution < -0.4 is 0 Å². The number of azide groups is 1. The second-order valence-electron chi connectivity index (χ2n) is 5.37. The summed E-state index contributed by atoms with van der Waals surface area (Å²) in [6.07, 6.45) is 1.52. The number of carbonyl (C=O) groups excluding carboxylic acids is 1. The molecule has 0 unspecified atom stereocenters. The van der Waals surface area contributed by atoms with E-state index in [-0.39, 0.29) is 18.4 Å². The molecule has 1 aromatic carbocycles. The van der Waals surface area contributed by atoms with E-state index in [1.807, 2.05) is 30.3 Å². The molecule has 1 fully saturated rings. The van der Waals surface area contributed by atoms with Crippen LogP contribution in [0, 0.1) is 0 Å². The highest BCUT2D eigenvalue weighted by atomic mass is 16.5. The zero-order valence-corrected chi connectivity index (χ0v) is 12.5. The minimum Gasteiger partial charge on any atom is -0.343 e. The number of aromatic nitrogens is 2. The van der Waals surface area contributed by atoms with E-state index in [0.29, 0.717) is 24.8 Å². The molecular formula is C15H16N6O2. The van der Waals surface area contributed by atoms with Gasteiger partial charge in [-0.15, -0.1) is 0 Å². The van der Waals surface area contributed by atoms with Gasteiger partial charge in [-0.25, -0.2) is 0 Å². The van der Waals surface area contributed by atoms with Gasteiger partial charge in [-0.2, -0.15) is 4.98 Å². The predicted octanol–water partition coefficient (Wildman–Crippen LogP) is 2.75. The fourth-order valence-corrected chi connectivity index (χ4v) is 2.67. The maximum Gasteiger partial charge on any atom is 0.230 e. The molecule has 2 aromatic rings. The second-order valence-corrected chi connectivity index (χ2v) is 5.37. The van der Waals surface area contributed by atoms with Gasteiger partial charge in [0.05, 0.1) is 0 Å². The van der Waals surface area contributed by atoms with Crippen molar-refractivity contribution in [3.63, 3.8) is 0 Å². The van der Waals surface area contributed by atoms with Gasteiger partial charge < -0.3 is 9.42 Å². The van der Waals surface area contributed by atoms with Crippen molar-refractivity contribution in [2.45, 2.75) is 18.8 Å². The number of nitrogens with zero attached hydrogens (tertiary/aromatic N) is 6. The molecule has 8 heteroatoms. The summed E-state index contributed by atoms with van der Waals surface area (Å²) < 4.78 is 5.39. The molecule has 0 saturated carbocycles. The summed E-state index contributed by atoms with van der Waals surface area (Å²) in [6.45, 7) is 1.08. The number of likely N-dealkylation sites (tertiary alicyclic amines) is 1. The summed E-state index contributed by atoms with van der Waals surface area (Å²) in [7, 11) is 0. The Labute approximate surface area is 132 Å². The zero-order chi connectivity index (χ0) is 16.1. The van der Waals surface area contributed by atoms with Crippen molar-refractivity contribution in [2.75, 3.05) is 19.6 Å². The van der Waals surface area contributed by atoms with E-state index in [4.69, 9.17) is 10.1 Å². The van der Waals surface area contributed by atoms with Gasteiger partial charge in [0.1, 0.15) is 6.54 Å². The Balaban J connectivity index is 1.61. The first kappa shape index (κ1) is 15.1. The van der Waals surface area contributed by atoms with Gasteiger partial charge in [-0.3, -0.25) is 4.79 Å². The van der Waals surface area contributed by atoms with E-state index in [0.717, 1.165) is 18.4 Å². The average molecular weight is 312 g/mol. The quantitative estimate of drug-likeness (QED) is 0.491. The monoisotopic (exact) mass is 312 g/mol. The van der Waals surface area contributed by atoms with Crippen LogP contribution in [-0.2, 0) is 4.79 Å². The number of carbonyl (C=O) groups is 1. The van der Waals surface area contributed by atoms with Crippen LogP contribution in [0.15, 0.2) is 40.0 Å². The molecule has 3 rings (SSSR count). The van der Waals surface area contributed by atoms with Crippen LogP contribution in [0.3, 0.4) is 0 Å². The molecule has 8 nitrogen and oxygen atoms in total. The van der Waals surface area contributed by atoms with Crippen molar-refractivity contribution in [1.29, 1.82) is 0 Å². The van der Waals surface area contributed by atoms with E-state index in [1.54, 1.807) is 4.90 Å². The van der Waals surface area contributed by atoms with Crippen molar-refractivity contribution in [3.05, 3.63) is 46.7 Å². The highest BCUT2D eigenvalue weighted by Gasteiger charge is 2.27. The fourth-order valence-electron chi connectivity index (χ4n) is 2.67. The van der Waals surface area contributed by atoms with Crippen LogP contribution in [-0.4, -0.2) is 40.6 Å². The van der Waals surface area contributed by atoms with E-state index in [2.05, 4.69) is 20.2 Å². The maximum absolute atomic E-state index is 11.8. The topological polar surface area (TPSA) is 108 Å². The third-order valence-electron chi connectivity index (χ3n) is 3.94. The third kappa shape index (κ3) is 3.49. The number of benzene rings is 1. The Bertz CT molecular complexity index is 715. The standard InChI is InChI=1S/C15H16N6O2/c16-20-17-10-13(22)21-8-6-12(7-9-21)15-18-14(19-23-15)11-4-2-1-3-5-11/h1-5,12H,6-10H2. The number of rotatable bonds is 4. The fraction of sp³-hybridized carbons (Fsp3) is 0.400. The Morgan fingerprint density at radius 2 is 2.09 bits per heavy atom. The lowest BCUT2D eigenvalue weighted by Crippen LogP contribution is -2.39. The van der Waals surface area contributed by atoms with Crippen LogP contribution in [0.4, 0.5) is 0 Å². The molecule has 118 valence electrons. The molecule has 0 aliphatic carbocycles. The number of piperidine rings is 1. The SMILES string of the molecule is [N-]=[N+]=NCC(=O)N1CCC(c2nc(-c3ccccc3)no2)CC1. The molecule has 0 bridgehead atoms. The van der Waals surface area contributed by atoms with E-state index in [1.165, 1.54) is 0 Å². The Morgan fingerprint density at radius 3 is 2.78 bits per heavy atom. The largest absolute Gasteiger partial charge is 0.343 e. The first-order valence-corrected chi connectivity index (χ1v) is 7.45. The van der Waals surface area contributed by atoms with Crippen molar-refractivity contribution in [3.8, 4) is 11.4 Å². The minimum atomic E-state index is -0.142. The summed E-state index contributed by atoms with van der Waals surface area (Å²) in [4.78, 5) is 20.6.